The van der Waals surface area contributed by atoms with Crippen LogP contribution >= 0.6 is 0 Å². The zero-order chi connectivity index (χ0) is 22.6. The van der Waals surface area contributed by atoms with Gasteiger partial charge in [-0.05, 0) is 61.9 Å². The molecule has 4 rings (SSSR count). The van der Waals surface area contributed by atoms with E-state index in [4.69, 9.17) is 4.43 Å². The van der Waals surface area contributed by atoms with Gasteiger partial charge in [0.05, 0.1) is 11.7 Å². The summed E-state index contributed by atoms with van der Waals surface area (Å²) in [6.45, 7) is 11.3. The third-order valence-corrected chi connectivity index (χ3v) is 12.3. The number of hydrogen-bond donors (Lipinski definition) is 2. The first-order valence-electron chi connectivity index (χ1n) is 11.4. The first-order valence-corrected chi connectivity index (χ1v) is 14.3. The van der Waals surface area contributed by atoms with Crippen LogP contribution in [0.1, 0.15) is 64.5 Å². The molecule has 1 saturated carbocycles. The van der Waals surface area contributed by atoms with Crippen LogP contribution in [0.5, 0.6) is 0 Å². The number of rotatable bonds is 5. The number of aromatic amines is 1. The molecule has 2 N–H and O–H groups in total. The third kappa shape index (κ3) is 4.12. The Morgan fingerprint density at radius 1 is 1.16 bits per heavy atom. The maximum atomic E-state index is 14.7. The van der Waals surface area contributed by atoms with Crippen LogP contribution in [0.2, 0.25) is 18.1 Å². The van der Waals surface area contributed by atoms with Crippen molar-refractivity contribution in [1.82, 2.24) is 4.98 Å². The minimum atomic E-state index is -1.80. The fourth-order valence-electron chi connectivity index (χ4n) is 4.93. The highest BCUT2D eigenvalue weighted by Gasteiger charge is 2.43. The summed E-state index contributed by atoms with van der Waals surface area (Å²) in [6.07, 6.45) is 7.18. The highest BCUT2D eigenvalue weighted by Crippen LogP contribution is 2.42. The van der Waals surface area contributed by atoms with Crippen molar-refractivity contribution in [3.63, 3.8) is 0 Å². The largest absolute Gasteiger partial charge is 0.414 e. The second kappa shape index (κ2) is 8.09. The molecule has 2 atom stereocenters. The number of imidazole rings is 1. The average Bonchev–Trinajstić information content (AvgIpc) is 3.26. The summed E-state index contributed by atoms with van der Waals surface area (Å²) in [6, 6.07) is 1.96. The van der Waals surface area contributed by atoms with Crippen molar-refractivity contribution in [1.29, 1.82) is 0 Å². The quantitative estimate of drug-likeness (QED) is 0.469. The van der Waals surface area contributed by atoms with Gasteiger partial charge in [-0.25, -0.2) is 18.3 Å². The van der Waals surface area contributed by atoms with Crippen LogP contribution in [-0.2, 0) is 4.43 Å². The lowest BCUT2D eigenvalue weighted by molar-refractivity contribution is -0.698. The van der Waals surface area contributed by atoms with Gasteiger partial charge < -0.3 is 9.53 Å². The van der Waals surface area contributed by atoms with E-state index in [1.165, 1.54) is 12.1 Å². The summed E-state index contributed by atoms with van der Waals surface area (Å²) >= 11 is 0. The molecule has 7 heteroatoms. The van der Waals surface area contributed by atoms with E-state index in [1.807, 2.05) is 4.57 Å². The molecule has 0 saturated heterocycles. The van der Waals surface area contributed by atoms with Crippen molar-refractivity contribution in [3.8, 4) is 11.3 Å². The SMILES string of the molecule is CC(C)(C)[Si](C)(C)OC1CCC(C(O)CC2c3c(F)ccc(F)c3-c3c[nH]c[n+]32)CC1. The Kier molecular flexibility index (Phi) is 5.90. The molecule has 1 aromatic heterocycles. The number of aliphatic hydroxyl groups is 1. The molecule has 0 amide bonds. The number of aromatic nitrogens is 2. The maximum absolute atomic E-state index is 14.7. The van der Waals surface area contributed by atoms with Crippen LogP contribution in [0.15, 0.2) is 24.7 Å². The highest BCUT2D eigenvalue weighted by molar-refractivity contribution is 6.74. The lowest BCUT2D eigenvalue weighted by Crippen LogP contribution is -2.45. The van der Waals surface area contributed by atoms with Gasteiger partial charge in [-0.1, -0.05) is 20.8 Å². The first-order chi connectivity index (χ1) is 14.5. The second-order valence-electron chi connectivity index (χ2n) is 10.8. The fourth-order valence-corrected chi connectivity index (χ4v) is 6.35. The lowest BCUT2D eigenvalue weighted by atomic mass is 9.81. The molecule has 1 aliphatic heterocycles. The molecule has 1 aromatic carbocycles. The number of hydrogen-bond acceptors (Lipinski definition) is 2. The van der Waals surface area contributed by atoms with Gasteiger partial charge >= 0.3 is 0 Å². The van der Waals surface area contributed by atoms with E-state index in [9.17, 15) is 13.9 Å². The number of nitrogens with zero attached hydrogens (tertiary/aromatic N) is 1. The Labute approximate surface area is 184 Å². The molecular formula is C24H35F2N2O2Si+. The molecule has 0 bridgehead atoms. The smallest absolute Gasteiger partial charge is 0.242 e. The zero-order valence-electron chi connectivity index (χ0n) is 19.2. The molecule has 2 aromatic rings. The zero-order valence-corrected chi connectivity index (χ0v) is 20.2. The van der Waals surface area contributed by atoms with E-state index in [2.05, 4.69) is 38.8 Å². The highest BCUT2D eigenvalue weighted by atomic mass is 28.4. The van der Waals surface area contributed by atoms with Crippen LogP contribution in [-0.4, -0.2) is 30.6 Å². The van der Waals surface area contributed by atoms with Crippen molar-refractivity contribution in [2.24, 2.45) is 5.92 Å². The minimum absolute atomic E-state index is 0.155. The number of halogens is 2. The van der Waals surface area contributed by atoms with Crippen LogP contribution in [0.3, 0.4) is 0 Å². The topological polar surface area (TPSA) is 49.1 Å². The van der Waals surface area contributed by atoms with Gasteiger partial charge in [-0.3, -0.25) is 0 Å². The molecule has 2 heterocycles. The lowest BCUT2D eigenvalue weighted by Gasteiger charge is -2.41. The fraction of sp³-hybridized carbons (Fsp3) is 0.625. The predicted octanol–water partition coefficient (Wildman–Crippen LogP) is 5.48. The Balaban J connectivity index is 1.43. The van der Waals surface area contributed by atoms with Gasteiger partial charge in [-0.15, -0.1) is 0 Å². The normalized spacial score (nSPS) is 24.7. The summed E-state index contributed by atoms with van der Waals surface area (Å²) in [5, 5.41) is 11.2. The van der Waals surface area contributed by atoms with Gasteiger partial charge in [0.1, 0.15) is 23.9 Å². The molecule has 0 radical (unpaired) electrons. The van der Waals surface area contributed by atoms with E-state index >= 15 is 0 Å². The Morgan fingerprint density at radius 2 is 1.81 bits per heavy atom. The summed E-state index contributed by atoms with van der Waals surface area (Å²) in [7, 11) is -1.80. The number of benzene rings is 1. The van der Waals surface area contributed by atoms with Crippen LogP contribution < -0.4 is 4.57 Å². The van der Waals surface area contributed by atoms with Gasteiger partial charge in [0.25, 0.3) is 0 Å². The maximum Gasteiger partial charge on any atom is 0.242 e. The van der Waals surface area contributed by atoms with Gasteiger partial charge in [0.2, 0.25) is 6.33 Å². The van der Waals surface area contributed by atoms with Gasteiger partial charge in [-0.2, -0.15) is 0 Å². The van der Waals surface area contributed by atoms with Gasteiger partial charge in [0.15, 0.2) is 14.0 Å². The van der Waals surface area contributed by atoms with Gasteiger partial charge in [0, 0.05) is 18.1 Å². The van der Waals surface area contributed by atoms with E-state index in [0.717, 1.165) is 25.7 Å². The van der Waals surface area contributed by atoms with Crippen molar-refractivity contribution < 1.29 is 22.9 Å². The molecule has 0 spiro atoms. The van der Waals surface area contributed by atoms with Crippen LogP contribution in [0, 0.1) is 17.6 Å². The Morgan fingerprint density at radius 3 is 2.45 bits per heavy atom. The monoisotopic (exact) mass is 449 g/mol. The van der Waals surface area contributed by atoms with E-state index in [0.29, 0.717) is 23.2 Å². The van der Waals surface area contributed by atoms with E-state index in [-0.39, 0.29) is 17.1 Å². The first kappa shape index (κ1) is 22.6. The van der Waals surface area contributed by atoms with Crippen molar-refractivity contribution >= 4 is 8.32 Å². The summed E-state index contributed by atoms with van der Waals surface area (Å²) in [4.78, 5) is 2.99. The number of fused-ring (bicyclic) bond motifs is 3. The Bertz CT molecular complexity index is 946. The standard InChI is InChI=1S/C24H34F2N2O2Si/c1-24(2,3)31(4,5)30-16-8-6-15(7-9-16)21(29)12-19-22-17(25)10-11-18(26)23(22)20-13-27-14-28(19)20/h10-11,13-16,19,21,29H,6-9,12H2,1-5H3/p+1. The molecule has 2 aliphatic rings. The minimum Gasteiger partial charge on any atom is -0.414 e. The second-order valence-corrected chi connectivity index (χ2v) is 15.5. The van der Waals surface area contributed by atoms with Crippen molar-refractivity contribution in [3.05, 3.63) is 41.9 Å². The molecule has 4 nitrogen and oxygen atoms in total. The summed E-state index contributed by atoms with van der Waals surface area (Å²) in [5.74, 6) is -0.684. The molecule has 1 fully saturated rings. The Hall–Kier alpha value is -1.57. The van der Waals surface area contributed by atoms with Crippen LogP contribution in [0.25, 0.3) is 11.3 Å². The van der Waals surface area contributed by atoms with E-state index < -0.39 is 32.1 Å². The molecule has 31 heavy (non-hydrogen) atoms. The number of H-pyrrole nitrogens is 1. The third-order valence-electron chi connectivity index (χ3n) is 7.77. The molecule has 170 valence electrons. The average molecular weight is 450 g/mol. The predicted molar refractivity (Wildman–Crippen MR) is 119 cm³/mol. The number of nitrogens with one attached hydrogen (secondary N) is 1. The molecule has 2 unspecified atom stereocenters. The summed E-state index contributed by atoms with van der Waals surface area (Å²) in [5.41, 5.74) is 1.30. The molecular weight excluding hydrogens is 414 g/mol. The van der Waals surface area contributed by atoms with Crippen LogP contribution in [0.4, 0.5) is 8.78 Å². The molecule has 1 aliphatic carbocycles. The van der Waals surface area contributed by atoms with Crippen molar-refractivity contribution in [2.75, 3.05) is 0 Å². The van der Waals surface area contributed by atoms with E-state index in [1.54, 1.807) is 12.5 Å². The van der Waals surface area contributed by atoms with Crippen molar-refractivity contribution in [2.45, 2.75) is 89.3 Å². The summed E-state index contributed by atoms with van der Waals surface area (Å²) < 4.78 is 37.6. The number of aliphatic hydroxyl groups excluding tert-OH is 1.